The summed E-state index contributed by atoms with van der Waals surface area (Å²) in [6, 6.07) is 1.62. The van der Waals surface area contributed by atoms with Gasteiger partial charge in [-0.05, 0) is 33.3 Å². The lowest BCUT2D eigenvalue weighted by atomic mass is 10.1. The van der Waals surface area contributed by atoms with Crippen LogP contribution in [0.4, 0.5) is 5.82 Å². The molecule has 0 unspecified atom stereocenters. The Bertz CT molecular complexity index is 865. The number of aryl methyl sites for hydroxylation is 2. The van der Waals surface area contributed by atoms with E-state index >= 15 is 0 Å². The second kappa shape index (κ2) is 5.95. The Morgan fingerprint density at radius 3 is 2.68 bits per heavy atom. The van der Waals surface area contributed by atoms with Gasteiger partial charge in [0.2, 0.25) is 0 Å². The van der Waals surface area contributed by atoms with Crippen LogP contribution >= 0.6 is 11.6 Å². The zero-order valence-corrected chi connectivity index (χ0v) is 15.3. The maximum absolute atomic E-state index is 13.0. The summed E-state index contributed by atoms with van der Waals surface area (Å²) in [5.41, 5.74) is 3.24. The SMILES string of the molecule is Cc1nc2c(c(N3CCC3)n1)[C@@H](C)N(C(=O)c1cnc(C)c(Cl)c1)C2. The van der Waals surface area contributed by atoms with E-state index in [0.717, 1.165) is 41.7 Å². The van der Waals surface area contributed by atoms with Crippen molar-refractivity contribution in [2.45, 2.75) is 39.8 Å². The molecule has 1 atom stereocenters. The number of halogens is 1. The molecule has 4 rings (SSSR count). The van der Waals surface area contributed by atoms with Crippen LogP contribution in [-0.2, 0) is 6.54 Å². The molecule has 0 aliphatic carbocycles. The highest BCUT2D eigenvalue weighted by atomic mass is 35.5. The third-order valence-corrected chi connectivity index (χ3v) is 5.39. The van der Waals surface area contributed by atoms with Crippen molar-refractivity contribution in [2.24, 2.45) is 0 Å². The minimum atomic E-state index is -0.0767. The van der Waals surface area contributed by atoms with Crippen LogP contribution in [0.2, 0.25) is 5.02 Å². The molecule has 0 saturated carbocycles. The van der Waals surface area contributed by atoms with Crippen LogP contribution in [0.15, 0.2) is 12.3 Å². The highest BCUT2D eigenvalue weighted by molar-refractivity contribution is 6.31. The number of carbonyl (C=O) groups excluding carboxylic acids is 1. The Hall–Kier alpha value is -2.21. The highest BCUT2D eigenvalue weighted by Crippen LogP contribution is 2.40. The van der Waals surface area contributed by atoms with Crippen LogP contribution in [0.1, 0.15) is 52.5 Å². The summed E-state index contributed by atoms with van der Waals surface area (Å²) in [7, 11) is 0. The third-order valence-electron chi connectivity index (χ3n) is 5.01. The average molecular weight is 358 g/mol. The van der Waals surface area contributed by atoms with E-state index in [2.05, 4.69) is 19.9 Å². The maximum atomic E-state index is 13.0. The van der Waals surface area contributed by atoms with E-state index in [0.29, 0.717) is 17.1 Å². The molecule has 4 heterocycles. The van der Waals surface area contributed by atoms with Crippen LogP contribution < -0.4 is 4.90 Å². The van der Waals surface area contributed by atoms with E-state index in [1.54, 1.807) is 12.3 Å². The second-order valence-electron chi connectivity index (χ2n) is 6.70. The molecule has 0 bridgehead atoms. The fourth-order valence-electron chi connectivity index (χ4n) is 3.43. The fourth-order valence-corrected chi connectivity index (χ4v) is 3.60. The number of hydrogen-bond donors (Lipinski definition) is 0. The first-order valence-electron chi connectivity index (χ1n) is 8.51. The van der Waals surface area contributed by atoms with E-state index in [9.17, 15) is 4.79 Å². The van der Waals surface area contributed by atoms with Gasteiger partial charge in [0.15, 0.2) is 0 Å². The van der Waals surface area contributed by atoms with Gasteiger partial charge in [-0.25, -0.2) is 9.97 Å². The fraction of sp³-hybridized carbons (Fsp3) is 0.444. The van der Waals surface area contributed by atoms with E-state index in [4.69, 9.17) is 11.6 Å². The van der Waals surface area contributed by atoms with Crippen LogP contribution in [0.25, 0.3) is 0 Å². The quantitative estimate of drug-likeness (QED) is 0.826. The normalized spacial score (nSPS) is 19.0. The first-order chi connectivity index (χ1) is 12.0. The van der Waals surface area contributed by atoms with Gasteiger partial charge in [-0.2, -0.15) is 0 Å². The molecule has 1 amide bonds. The molecule has 130 valence electrons. The smallest absolute Gasteiger partial charge is 0.256 e. The van der Waals surface area contributed by atoms with Gasteiger partial charge in [-0.3, -0.25) is 9.78 Å². The molecular formula is C18H20ClN5O. The molecule has 2 aromatic heterocycles. The predicted octanol–water partition coefficient (Wildman–Crippen LogP) is 3.07. The van der Waals surface area contributed by atoms with Crippen molar-refractivity contribution in [1.29, 1.82) is 0 Å². The summed E-state index contributed by atoms with van der Waals surface area (Å²) in [6.07, 6.45) is 2.77. The average Bonchev–Trinajstić information content (AvgIpc) is 2.84. The lowest BCUT2D eigenvalue weighted by Gasteiger charge is -2.34. The summed E-state index contributed by atoms with van der Waals surface area (Å²) in [5, 5.41) is 0.507. The molecule has 7 heteroatoms. The monoisotopic (exact) mass is 357 g/mol. The summed E-state index contributed by atoms with van der Waals surface area (Å²) in [4.78, 5) is 30.5. The van der Waals surface area contributed by atoms with Crippen molar-refractivity contribution in [3.8, 4) is 0 Å². The first kappa shape index (κ1) is 16.3. The first-order valence-corrected chi connectivity index (χ1v) is 8.89. The van der Waals surface area contributed by atoms with Gasteiger partial charge >= 0.3 is 0 Å². The van der Waals surface area contributed by atoms with Crippen molar-refractivity contribution in [3.63, 3.8) is 0 Å². The van der Waals surface area contributed by atoms with Crippen LogP contribution in [0.5, 0.6) is 0 Å². The van der Waals surface area contributed by atoms with Gasteiger partial charge in [0.25, 0.3) is 5.91 Å². The summed E-state index contributed by atoms with van der Waals surface area (Å²) in [5.74, 6) is 1.66. The molecule has 0 spiro atoms. The Labute approximate surface area is 151 Å². The third kappa shape index (κ3) is 2.65. The number of amides is 1. The molecule has 1 fully saturated rings. The lowest BCUT2D eigenvalue weighted by Crippen LogP contribution is -2.39. The molecule has 25 heavy (non-hydrogen) atoms. The number of fused-ring (bicyclic) bond motifs is 1. The topological polar surface area (TPSA) is 62.2 Å². The number of nitrogens with zero attached hydrogens (tertiary/aromatic N) is 5. The van der Waals surface area contributed by atoms with Gasteiger partial charge in [0, 0.05) is 24.8 Å². The van der Waals surface area contributed by atoms with E-state index in [-0.39, 0.29) is 11.9 Å². The lowest BCUT2D eigenvalue weighted by molar-refractivity contribution is 0.0703. The van der Waals surface area contributed by atoms with Crippen molar-refractivity contribution < 1.29 is 4.79 Å². The molecule has 6 nitrogen and oxygen atoms in total. The van der Waals surface area contributed by atoms with Gasteiger partial charge in [-0.15, -0.1) is 0 Å². The van der Waals surface area contributed by atoms with Crippen LogP contribution in [0, 0.1) is 13.8 Å². The minimum absolute atomic E-state index is 0.0706. The molecular weight excluding hydrogens is 338 g/mol. The number of rotatable bonds is 2. The van der Waals surface area contributed by atoms with Crippen LogP contribution in [-0.4, -0.2) is 38.8 Å². The highest BCUT2D eigenvalue weighted by Gasteiger charge is 2.37. The molecule has 2 aliphatic heterocycles. The van der Waals surface area contributed by atoms with Gasteiger partial charge in [0.05, 0.1) is 34.6 Å². The standard InChI is InChI=1S/C18H20ClN5O/c1-10-14(19)7-13(8-20-10)18(25)24-9-15-16(11(24)2)17(22-12(3)21-15)23-5-4-6-23/h7-8,11H,4-6,9H2,1-3H3/t11-/m1/s1. The predicted molar refractivity (Wildman–Crippen MR) is 95.9 cm³/mol. The molecule has 0 radical (unpaired) electrons. The molecule has 2 aliphatic rings. The zero-order chi connectivity index (χ0) is 17.7. The van der Waals surface area contributed by atoms with E-state index in [1.165, 1.54) is 6.42 Å². The maximum Gasteiger partial charge on any atom is 0.256 e. The Morgan fingerprint density at radius 2 is 2.04 bits per heavy atom. The van der Waals surface area contributed by atoms with Crippen molar-refractivity contribution in [2.75, 3.05) is 18.0 Å². The van der Waals surface area contributed by atoms with Gasteiger partial charge in [0.1, 0.15) is 11.6 Å². The van der Waals surface area contributed by atoms with Gasteiger partial charge < -0.3 is 9.80 Å². The molecule has 1 saturated heterocycles. The second-order valence-corrected chi connectivity index (χ2v) is 7.10. The van der Waals surface area contributed by atoms with E-state index < -0.39 is 0 Å². The van der Waals surface area contributed by atoms with Crippen molar-refractivity contribution >= 4 is 23.3 Å². The number of aromatic nitrogens is 3. The molecule has 0 N–H and O–H groups in total. The number of pyridine rings is 1. The summed E-state index contributed by atoms with van der Waals surface area (Å²) in [6.45, 7) is 8.28. The summed E-state index contributed by atoms with van der Waals surface area (Å²) >= 11 is 6.14. The van der Waals surface area contributed by atoms with E-state index in [1.807, 2.05) is 25.7 Å². The zero-order valence-electron chi connectivity index (χ0n) is 14.6. The molecule has 0 aromatic carbocycles. The van der Waals surface area contributed by atoms with Crippen molar-refractivity contribution in [1.82, 2.24) is 19.9 Å². The Kier molecular flexibility index (Phi) is 3.87. The number of hydrogen-bond acceptors (Lipinski definition) is 5. The summed E-state index contributed by atoms with van der Waals surface area (Å²) < 4.78 is 0. The van der Waals surface area contributed by atoms with Gasteiger partial charge in [-0.1, -0.05) is 11.6 Å². The Balaban J connectivity index is 1.69. The number of anilines is 1. The minimum Gasteiger partial charge on any atom is -0.356 e. The van der Waals surface area contributed by atoms with Crippen molar-refractivity contribution in [3.05, 3.63) is 45.6 Å². The molecule has 2 aromatic rings. The largest absolute Gasteiger partial charge is 0.356 e. The van der Waals surface area contributed by atoms with Crippen LogP contribution in [0.3, 0.4) is 0 Å². The number of carbonyl (C=O) groups is 1. The Morgan fingerprint density at radius 1 is 1.28 bits per heavy atom.